The Kier molecular flexibility index (Phi) is 7.47. The summed E-state index contributed by atoms with van der Waals surface area (Å²) in [6.07, 6.45) is 0.799. The molecule has 0 radical (unpaired) electrons. The highest BCUT2D eigenvalue weighted by Crippen LogP contribution is 2.25. The number of halogens is 1. The number of carbonyl (C=O) groups excluding carboxylic acids is 1. The molecular weight excluding hydrogens is 386 g/mol. The zero-order valence-electron chi connectivity index (χ0n) is 13.9. The lowest BCUT2D eigenvalue weighted by atomic mass is 10.2. The van der Waals surface area contributed by atoms with Gasteiger partial charge in [0.1, 0.15) is 12.4 Å². The van der Waals surface area contributed by atoms with E-state index in [4.69, 9.17) is 14.7 Å². The lowest BCUT2D eigenvalue weighted by molar-refractivity contribution is -0.137. The van der Waals surface area contributed by atoms with Crippen molar-refractivity contribution in [3.05, 3.63) is 64.1 Å². The molecule has 0 saturated heterocycles. The van der Waals surface area contributed by atoms with Crippen LogP contribution < -0.4 is 4.74 Å². The summed E-state index contributed by atoms with van der Waals surface area (Å²) in [6.45, 7) is 2.54. The molecule has 0 aliphatic heterocycles. The Bertz CT molecular complexity index is 731. The van der Waals surface area contributed by atoms with Crippen molar-refractivity contribution in [3.8, 4) is 5.75 Å². The van der Waals surface area contributed by atoms with Crippen molar-refractivity contribution in [1.82, 2.24) is 0 Å². The van der Waals surface area contributed by atoms with E-state index < -0.39 is 5.97 Å². The van der Waals surface area contributed by atoms with Crippen LogP contribution >= 0.6 is 15.9 Å². The van der Waals surface area contributed by atoms with Crippen LogP contribution in [0.25, 0.3) is 0 Å². The van der Waals surface area contributed by atoms with Gasteiger partial charge in [-0.2, -0.15) is 0 Å². The normalized spacial score (nSPS) is 11.2. The number of nitrogens with zero attached hydrogens (tertiary/aromatic N) is 1. The van der Waals surface area contributed by atoms with Gasteiger partial charge in [-0.25, -0.2) is 4.79 Å². The van der Waals surface area contributed by atoms with Gasteiger partial charge in [0.05, 0.1) is 11.1 Å². The molecule has 0 aliphatic rings. The van der Waals surface area contributed by atoms with Crippen LogP contribution in [0.5, 0.6) is 5.75 Å². The van der Waals surface area contributed by atoms with Crippen molar-refractivity contribution in [2.75, 3.05) is 6.61 Å². The number of carbonyl (C=O) groups is 1. The first-order valence-corrected chi connectivity index (χ1v) is 8.70. The summed E-state index contributed by atoms with van der Waals surface area (Å²) in [4.78, 5) is 11.9. The zero-order valence-corrected chi connectivity index (χ0v) is 15.5. The molecule has 2 rings (SSSR count). The molecule has 0 bridgehead atoms. The Morgan fingerprint density at radius 2 is 1.96 bits per heavy atom. The summed E-state index contributed by atoms with van der Waals surface area (Å²) in [6, 6.07) is 15.1. The summed E-state index contributed by atoms with van der Waals surface area (Å²) >= 11 is 3.44. The molecule has 25 heavy (non-hydrogen) atoms. The van der Waals surface area contributed by atoms with Crippen LogP contribution in [-0.2, 0) is 16.1 Å². The molecule has 0 fully saturated rings. The van der Waals surface area contributed by atoms with Crippen molar-refractivity contribution in [2.24, 2.45) is 5.16 Å². The van der Waals surface area contributed by atoms with Crippen LogP contribution in [0, 0.1) is 6.92 Å². The molecule has 2 aromatic carbocycles. The van der Waals surface area contributed by atoms with E-state index in [1.165, 1.54) is 0 Å². The molecule has 6 heteroatoms. The minimum atomic E-state index is -0.622. The fourth-order valence-corrected chi connectivity index (χ4v) is 2.75. The molecule has 0 spiro atoms. The Morgan fingerprint density at radius 3 is 2.64 bits per heavy atom. The van der Waals surface area contributed by atoms with E-state index in [1.807, 2.05) is 55.5 Å². The van der Waals surface area contributed by atoms with E-state index in [-0.39, 0.29) is 18.7 Å². The molecule has 0 heterocycles. The van der Waals surface area contributed by atoms with Crippen LogP contribution in [0.1, 0.15) is 24.0 Å². The average molecular weight is 406 g/mol. The quantitative estimate of drug-likeness (QED) is 0.231. The number of hydrogen-bond acceptors (Lipinski definition) is 5. The first-order valence-electron chi connectivity index (χ1n) is 7.91. The number of oxime groups is 1. The highest BCUT2D eigenvalue weighted by atomic mass is 79.9. The number of rotatable bonds is 8. The topological polar surface area (TPSA) is 68.1 Å². The summed E-state index contributed by atoms with van der Waals surface area (Å²) in [5, 5.41) is 12.1. The molecular formula is C19H20BrNO4. The third-order valence-electron chi connectivity index (χ3n) is 3.47. The van der Waals surface area contributed by atoms with Gasteiger partial charge in [-0.3, -0.25) is 0 Å². The summed E-state index contributed by atoms with van der Waals surface area (Å²) < 4.78 is 11.7. The van der Waals surface area contributed by atoms with Crippen molar-refractivity contribution < 1.29 is 19.5 Å². The van der Waals surface area contributed by atoms with Gasteiger partial charge in [0.25, 0.3) is 0 Å². The molecule has 0 unspecified atom stereocenters. The van der Waals surface area contributed by atoms with E-state index in [2.05, 4.69) is 21.1 Å². The smallest absolute Gasteiger partial charge is 0.356 e. The molecule has 0 aliphatic carbocycles. The lowest BCUT2D eigenvalue weighted by Gasteiger charge is -2.09. The van der Waals surface area contributed by atoms with Crippen LogP contribution in [0.3, 0.4) is 0 Å². The average Bonchev–Trinajstić information content (AvgIpc) is 2.62. The molecule has 5 nitrogen and oxygen atoms in total. The van der Waals surface area contributed by atoms with Gasteiger partial charge in [0.2, 0.25) is 0 Å². The van der Waals surface area contributed by atoms with E-state index in [9.17, 15) is 4.79 Å². The van der Waals surface area contributed by atoms with Crippen molar-refractivity contribution in [3.63, 3.8) is 0 Å². The third kappa shape index (κ3) is 6.23. The van der Waals surface area contributed by atoms with Gasteiger partial charge < -0.3 is 14.7 Å². The standard InChI is InChI=1S/C19H20BrNO4/c1-14-9-10-18(16(20)12-14)24-11-5-8-17(21-23)19(22)25-13-15-6-3-2-4-7-15/h2-4,6-7,9-10,12,23H,5,8,11,13H2,1H3. The van der Waals surface area contributed by atoms with Gasteiger partial charge in [-0.1, -0.05) is 41.6 Å². The lowest BCUT2D eigenvalue weighted by Crippen LogP contribution is -2.18. The minimum Gasteiger partial charge on any atom is -0.492 e. The first-order chi connectivity index (χ1) is 12.1. The molecule has 132 valence electrons. The van der Waals surface area contributed by atoms with E-state index in [0.717, 1.165) is 21.3 Å². The third-order valence-corrected chi connectivity index (χ3v) is 4.09. The summed E-state index contributed by atoms with van der Waals surface area (Å²) in [7, 11) is 0. The second-order valence-corrected chi connectivity index (χ2v) is 6.35. The Labute approximate surface area is 155 Å². The van der Waals surface area contributed by atoms with Crippen molar-refractivity contribution in [1.29, 1.82) is 0 Å². The molecule has 2 aromatic rings. The Balaban J connectivity index is 1.75. The van der Waals surface area contributed by atoms with E-state index >= 15 is 0 Å². The zero-order chi connectivity index (χ0) is 18.1. The maximum absolute atomic E-state index is 11.9. The number of esters is 1. The SMILES string of the molecule is Cc1ccc(OCCCC(=NO)C(=O)OCc2ccccc2)c(Br)c1. The molecule has 0 aromatic heterocycles. The minimum absolute atomic E-state index is 0.0116. The number of hydrogen-bond donors (Lipinski definition) is 1. The maximum atomic E-state index is 11.9. The second-order valence-electron chi connectivity index (χ2n) is 5.49. The van der Waals surface area contributed by atoms with Crippen LogP contribution in [0.2, 0.25) is 0 Å². The predicted octanol–water partition coefficient (Wildman–Crippen LogP) is 4.49. The Morgan fingerprint density at radius 1 is 1.20 bits per heavy atom. The maximum Gasteiger partial charge on any atom is 0.356 e. The first kappa shape index (κ1) is 19.0. The number of benzene rings is 2. The van der Waals surface area contributed by atoms with Gasteiger partial charge >= 0.3 is 5.97 Å². The van der Waals surface area contributed by atoms with Crippen LogP contribution in [0.15, 0.2) is 58.2 Å². The van der Waals surface area contributed by atoms with Crippen LogP contribution in [-0.4, -0.2) is 23.5 Å². The molecule has 0 amide bonds. The molecule has 0 atom stereocenters. The van der Waals surface area contributed by atoms with Gasteiger partial charge in [0, 0.05) is 6.42 Å². The summed E-state index contributed by atoms with van der Waals surface area (Å²) in [5.41, 5.74) is 2.00. The summed E-state index contributed by atoms with van der Waals surface area (Å²) in [5.74, 6) is 0.114. The molecule has 0 saturated carbocycles. The molecule has 1 N–H and O–H groups in total. The van der Waals surface area contributed by atoms with Gasteiger partial charge in [-0.05, 0) is 52.5 Å². The van der Waals surface area contributed by atoms with Crippen molar-refractivity contribution in [2.45, 2.75) is 26.4 Å². The highest BCUT2D eigenvalue weighted by Gasteiger charge is 2.14. The predicted molar refractivity (Wildman–Crippen MR) is 99.1 cm³/mol. The van der Waals surface area contributed by atoms with Gasteiger partial charge in [0.15, 0.2) is 5.71 Å². The number of ether oxygens (including phenoxy) is 2. The van der Waals surface area contributed by atoms with E-state index in [1.54, 1.807) is 0 Å². The van der Waals surface area contributed by atoms with E-state index in [0.29, 0.717) is 13.0 Å². The second kappa shape index (κ2) is 9.84. The van der Waals surface area contributed by atoms with Gasteiger partial charge in [-0.15, -0.1) is 0 Å². The monoisotopic (exact) mass is 405 g/mol. The van der Waals surface area contributed by atoms with Crippen molar-refractivity contribution >= 4 is 27.6 Å². The largest absolute Gasteiger partial charge is 0.492 e. The number of aryl methyl sites for hydroxylation is 1. The highest BCUT2D eigenvalue weighted by molar-refractivity contribution is 9.10. The fourth-order valence-electron chi connectivity index (χ4n) is 2.14. The Hall–Kier alpha value is -2.34. The van der Waals surface area contributed by atoms with Crippen LogP contribution in [0.4, 0.5) is 0 Å². The fraction of sp³-hybridized carbons (Fsp3) is 0.263.